The molecular weight excluding hydrogens is 383 g/mol. The van der Waals surface area contributed by atoms with E-state index in [1.807, 2.05) is 0 Å². The average Bonchev–Trinajstić information content (AvgIpc) is 2.66. The molecule has 3 rings (SSSR count). The van der Waals surface area contributed by atoms with Gasteiger partial charge in [0, 0.05) is 0 Å². The summed E-state index contributed by atoms with van der Waals surface area (Å²) >= 11 is 0. The topological polar surface area (TPSA) is 0 Å². The zero-order valence-electron chi connectivity index (χ0n) is 16.3. The number of fused-ring (bicyclic) bond motifs is 1. The summed E-state index contributed by atoms with van der Waals surface area (Å²) in [7, 11) is 0. The molecule has 0 heterocycles. The molecular formula is C24H23F5. The van der Waals surface area contributed by atoms with Crippen molar-refractivity contribution < 1.29 is 22.0 Å². The van der Waals surface area contributed by atoms with Gasteiger partial charge in [0.05, 0.1) is 11.1 Å². The highest BCUT2D eigenvalue weighted by molar-refractivity contribution is 5.88. The van der Waals surface area contributed by atoms with E-state index in [1.54, 1.807) is 0 Å². The van der Waals surface area contributed by atoms with Crippen LogP contribution in [0.25, 0.3) is 21.9 Å². The molecule has 0 aliphatic carbocycles. The first-order valence-electron chi connectivity index (χ1n) is 9.89. The first-order chi connectivity index (χ1) is 13.8. The minimum absolute atomic E-state index is 0.151. The number of unbranched alkanes of at least 4 members (excludes halogenated alkanes) is 4. The minimum Gasteiger partial charge on any atom is -0.206 e. The van der Waals surface area contributed by atoms with Crippen LogP contribution in [0.4, 0.5) is 22.0 Å². The molecule has 0 bridgehead atoms. The van der Waals surface area contributed by atoms with Crippen LogP contribution in [0.5, 0.6) is 0 Å². The molecule has 0 unspecified atom stereocenters. The van der Waals surface area contributed by atoms with E-state index in [1.165, 1.54) is 36.4 Å². The first kappa shape index (κ1) is 21.3. The monoisotopic (exact) mass is 406 g/mol. The van der Waals surface area contributed by atoms with Crippen LogP contribution in [0.1, 0.15) is 50.2 Å². The molecule has 0 aliphatic heterocycles. The Bertz CT molecular complexity index is 965. The molecule has 5 heteroatoms. The number of benzene rings is 3. The number of halogens is 5. The van der Waals surface area contributed by atoms with Gasteiger partial charge < -0.3 is 0 Å². The lowest BCUT2D eigenvalue weighted by Crippen LogP contribution is -2.04. The highest BCUT2D eigenvalue weighted by Gasteiger charge is 2.30. The predicted molar refractivity (Wildman–Crippen MR) is 107 cm³/mol. The summed E-state index contributed by atoms with van der Waals surface area (Å²) in [6.07, 6.45) is 1.52. The van der Waals surface area contributed by atoms with Gasteiger partial charge in [0.25, 0.3) is 0 Å². The Morgan fingerprint density at radius 1 is 0.724 bits per heavy atom. The predicted octanol–water partition coefficient (Wildman–Crippen LogP) is 8.32. The summed E-state index contributed by atoms with van der Waals surface area (Å²) < 4.78 is 67.9. The van der Waals surface area contributed by atoms with Crippen LogP contribution in [0.3, 0.4) is 0 Å². The van der Waals surface area contributed by atoms with Gasteiger partial charge in [-0.1, -0.05) is 50.8 Å². The molecule has 3 aromatic carbocycles. The third-order valence-electron chi connectivity index (χ3n) is 5.13. The van der Waals surface area contributed by atoms with Crippen molar-refractivity contribution in [2.75, 3.05) is 0 Å². The van der Waals surface area contributed by atoms with E-state index in [2.05, 4.69) is 6.92 Å². The summed E-state index contributed by atoms with van der Waals surface area (Å²) in [5.74, 6) is -1.31. The zero-order chi connectivity index (χ0) is 21.0. The van der Waals surface area contributed by atoms with E-state index in [0.717, 1.165) is 44.2 Å². The molecule has 29 heavy (non-hydrogen) atoms. The smallest absolute Gasteiger partial charge is 0.206 e. The van der Waals surface area contributed by atoms with Crippen molar-refractivity contribution in [1.29, 1.82) is 0 Å². The standard InChI is InChI=1S/C24H23F5/c1-2-3-4-5-6-7-16-12-21(25)23(22(26)13-16)19-9-8-18-15-20(24(27,28)29)11-10-17(18)14-19/h8-15H,2-7H2,1H3. The maximum Gasteiger partial charge on any atom is 0.416 e. The van der Waals surface area contributed by atoms with Gasteiger partial charge in [-0.3, -0.25) is 0 Å². The fourth-order valence-electron chi connectivity index (χ4n) is 3.56. The van der Waals surface area contributed by atoms with E-state index in [9.17, 15) is 22.0 Å². The summed E-state index contributed by atoms with van der Waals surface area (Å²) in [6, 6.07) is 10.5. The lowest BCUT2D eigenvalue weighted by molar-refractivity contribution is -0.137. The number of aryl methyl sites for hydroxylation is 1. The molecule has 0 radical (unpaired) electrons. The second-order valence-electron chi connectivity index (χ2n) is 7.37. The molecule has 0 saturated heterocycles. The van der Waals surface area contributed by atoms with E-state index < -0.39 is 23.4 Å². The Balaban J connectivity index is 1.85. The molecule has 0 nitrogen and oxygen atoms in total. The van der Waals surface area contributed by atoms with E-state index in [4.69, 9.17) is 0 Å². The number of hydrogen-bond acceptors (Lipinski definition) is 0. The van der Waals surface area contributed by atoms with Gasteiger partial charge in [-0.05, 0) is 65.1 Å². The second kappa shape index (κ2) is 8.93. The summed E-state index contributed by atoms with van der Waals surface area (Å²) in [5.41, 5.74) is 0.0255. The number of hydrogen-bond donors (Lipinski definition) is 0. The number of rotatable bonds is 7. The Kier molecular flexibility index (Phi) is 6.56. The fourth-order valence-corrected chi connectivity index (χ4v) is 3.56. The maximum atomic E-state index is 14.7. The lowest BCUT2D eigenvalue weighted by atomic mass is 9.97. The van der Waals surface area contributed by atoms with Crippen LogP contribution in [0, 0.1) is 11.6 Å². The molecule has 0 aromatic heterocycles. The molecule has 154 valence electrons. The van der Waals surface area contributed by atoms with Crippen LogP contribution in [-0.2, 0) is 12.6 Å². The molecule has 0 atom stereocenters. The van der Waals surface area contributed by atoms with Gasteiger partial charge in [-0.25, -0.2) is 8.78 Å². The molecule has 0 amide bonds. The van der Waals surface area contributed by atoms with Gasteiger partial charge in [0.1, 0.15) is 11.6 Å². The molecule has 0 fully saturated rings. The van der Waals surface area contributed by atoms with Crippen molar-refractivity contribution in [1.82, 2.24) is 0 Å². The van der Waals surface area contributed by atoms with Crippen molar-refractivity contribution in [2.45, 2.75) is 51.6 Å². The Hall–Kier alpha value is -2.43. The van der Waals surface area contributed by atoms with E-state index >= 15 is 0 Å². The van der Waals surface area contributed by atoms with E-state index in [-0.39, 0.29) is 5.56 Å². The largest absolute Gasteiger partial charge is 0.416 e. The van der Waals surface area contributed by atoms with E-state index in [0.29, 0.717) is 28.3 Å². The SMILES string of the molecule is CCCCCCCc1cc(F)c(-c2ccc3cc(C(F)(F)F)ccc3c2)c(F)c1. The van der Waals surface area contributed by atoms with Crippen LogP contribution >= 0.6 is 0 Å². The zero-order valence-corrected chi connectivity index (χ0v) is 16.3. The quantitative estimate of drug-likeness (QED) is 0.273. The fraction of sp³-hybridized carbons (Fsp3) is 0.333. The first-order valence-corrected chi connectivity index (χ1v) is 9.89. The highest BCUT2D eigenvalue weighted by Crippen LogP contribution is 2.34. The summed E-state index contributed by atoms with van der Waals surface area (Å²) in [5, 5.41) is 0.863. The van der Waals surface area contributed by atoms with Crippen molar-refractivity contribution >= 4 is 10.8 Å². The Labute approximate surface area is 167 Å². The Morgan fingerprint density at radius 3 is 2.00 bits per heavy atom. The van der Waals surface area contributed by atoms with Crippen molar-refractivity contribution in [3.05, 3.63) is 71.3 Å². The molecule has 0 aliphatic rings. The molecule has 3 aromatic rings. The number of alkyl halides is 3. The summed E-state index contributed by atoms with van der Waals surface area (Å²) in [4.78, 5) is 0. The van der Waals surface area contributed by atoms with Gasteiger partial charge in [0.2, 0.25) is 0 Å². The van der Waals surface area contributed by atoms with Gasteiger partial charge in [-0.2, -0.15) is 13.2 Å². The van der Waals surface area contributed by atoms with Crippen LogP contribution in [0.2, 0.25) is 0 Å². The normalized spacial score (nSPS) is 11.9. The minimum atomic E-state index is -4.43. The Morgan fingerprint density at radius 2 is 1.34 bits per heavy atom. The van der Waals surface area contributed by atoms with Gasteiger partial charge >= 0.3 is 6.18 Å². The molecule has 0 spiro atoms. The third-order valence-corrected chi connectivity index (χ3v) is 5.13. The second-order valence-corrected chi connectivity index (χ2v) is 7.37. The average molecular weight is 406 g/mol. The van der Waals surface area contributed by atoms with Crippen LogP contribution in [-0.4, -0.2) is 0 Å². The highest BCUT2D eigenvalue weighted by atomic mass is 19.4. The summed E-state index contributed by atoms with van der Waals surface area (Å²) in [6.45, 7) is 2.13. The van der Waals surface area contributed by atoms with Crippen molar-refractivity contribution in [2.24, 2.45) is 0 Å². The van der Waals surface area contributed by atoms with Crippen molar-refractivity contribution in [3.63, 3.8) is 0 Å². The maximum absolute atomic E-state index is 14.7. The molecule has 0 saturated carbocycles. The van der Waals surface area contributed by atoms with Crippen molar-refractivity contribution in [3.8, 4) is 11.1 Å². The van der Waals surface area contributed by atoms with Gasteiger partial charge in [-0.15, -0.1) is 0 Å². The lowest BCUT2D eigenvalue weighted by Gasteiger charge is -2.11. The molecule has 0 N–H and O–H groups in total. The third kappa shape index (κ3) is 5.14. The van der Waals surface area contributed by atoms with Crippen LogP contribution in [0.15, 0.2) is 48.5 Å². The van der Waals surface area contributed by atoms with Crippen LogP contribution < -0.4 is 0 Å². The van der Waals surface area contributed by atoms with Gasteiger partial charge in [0.15, 0.2) is 0 Å².